The summed E-state index contributed by atoms with van der Waals surface area (Å²) in [6.07, 6.45) is 0.992. The van der Waals surface area contributed by atoms with Crippen LogP contribution >= 0.6 is 0 Å². The van der Waals surface area contributed by atoms with Crippen molar-refractivity contribution in [3.63, 3.8) is 0 Å². The molecular weight excluding hydrogens is 144 g/mol. The summed E-state index contributed by atoms with van der Waals surface area (Å²) in [5.74, 6) is -0.583. The van der Waals surface area contributed by atoms with E-state index in [9.17, 15) is 9.59 Å². The zero-order chi connectivity index (χ0) is 8.69. The Bertz CT molecular complexity index is 166. The van der Waals surface area contributed by atoms with Gasteiger partial charge in [0.1, 0.15) is 0 Å². The number of allylic oxidation sites excluding steroid dienone is 1. The van der Waals surface area contributed by atoms with Gasteiger partial charge in [0.05, 0.1) is 6.42 Å². The molecule has 0 spiro atoms. The van der Waals surface area contributed by atoms with Gasteiger partial charge in [0.25, 0.3) is 0 Å². The number of hydrogen-bond donors (Lipinski definition) is 2. The number of ketones is 1. The third kappa shape index (κ3) is 5.29. The summed E-state index contributed by atoms with van der Waals surface area (Å²) in [6.45, 7) is 4.03. The van der Waals surface area contributed by atoms with Gasteiger partial charge in [-0.2, -0.15) is 0 Å². The maximum Gasteiger partial charge on any atom is 0.227 e. The number of hydrogen-bond acceptors (Lipinski definition) is 3. The van der Waals surface area contributed by atoms with Gasteiger partial charge in [-0.05, 0) is 6.08 Å². The van der Waals surface area contributed by atoms with Gasteiger partial charge in [-0.15, -0.1) is 0 Å². The van der Waals surface area contributed by atoms with E-state index in [2.05, 4.69) is 11.9 Å². The second kappa shape index (κ2) is 5.61. The number of rotatable bonds is 5. The van der Waals surface area contributed by atoms with Crippen LogP contribution < -0.4 is 11.1 Å². The minimum absolute atomic E-state index is 0.135. The first kappa shape index (κ1) is 9.84. The topological polar surface area (TPSA) is 72.2 Å². The number of carbonyl (C=O) groups excluding carboxylic acids is 2. The van der Waals surface area contributed by atoms with Crippen LogP contribution in [-0.2, 0) is 9.59 Å². The van der Waals surface area contributed by atoms with Crippen LogP contribution in [0.4, 0.5) is 0 Å². The van der Waals surface area contributed by atoms with Crippen molar-refractivity contribution in [1.82, 2.24) is 5.32 Å². The van der Waals surface area contributed by atoms with Gasteiger partial charge in [-0.3, -0.25) is 9.59 Å². The van der Waals surface area contributed by atoms with Crippen molar-refractivity contribution < 1.29 is 9.59 Å². The van der Waals surface area contributed by atoms with Crippen LogP contribution in [0.2, 0.25) is 0 Å². The van der Waals surface area contributed by atoms with E-state index in [0.717, 1.165) is 6.08 Å². The maximum atomic E-state index is 10.7. The highest BCUT2D eigenvalue weighted by Gasteiger charge is 2.03. The molecule has 0 aliphatic rings. The molecule has 0 aromatic heterocycles. The van der Waals surface area contributed by atoms with E-state index in [1.807, 2.05) is 0 Å². The van der Waals surface area contributed by atoms with Crippen LogP contribution in [0, 0.1) is 0 Å². The molecule has 0 atom stereocenters. The molecule has 4 nitrogen and oxygen atoms in total. The number of amides is 1. The zero-order valence-corrected chi connectivity index (χ0v) is 6.30. The quantitative estimate of drug-likeness (QED) is 0.404. The van der Waals surface area contributed by atoms with Crippen molar-refractivity contribution >= 4 is 11.7 Å². The van der Waals surface area contributed by atoms with Crippen LogP contribution in [0.15, 0.2) is 12.7 Å². The molecule has 0 rings (SSSR count). The summed E-state index contributed by atoms with van der Waals surface area (Å²) in [7, 11) is 0. The Balaban J connectivity index is 3.52. The molecule has 0 aliphatic heterocycles. The zero-order valence-electron chi connectivity index (χ0n) is 6.30. The molecule has 0 unspecified atom stereocenters. The Kier molecular flexibility index (Phi) is 5.02. The number of carbonyl (C=O) groups is 2. The molecule has 0 saturated carbocycles. The molecule has 11 heavy (non-hydrogen) atoms. The smallest absolute Gasteiger partial charge is 0.227 e. The summed E-state index contributed by atoms with van der Waals surface area (Å²) in [4.78, 5) is 21.3. The Labute approximate surface area is 65.5 Å². The van der Waals surface area contributed by atoms with Gasteiger partial charge in [-0.1, -0.05) is 6.58 Å². The number of nitrogens with two attached hydrogens (primary N) is 1. The van der Waals surface area contributed by atoms with Crippen LogP contribution in [0.5, 0.6) is 0 Å². The third-order valence-corrected chi connectivity index (χ3v) is 1.03. The fourth-order valence-electron chi connectivity index (χ4n) is 0.505. The molecule has 0 aliphatic carbocycles. The molecule has 0 bridgehead atoms. The van der Waals surface area contributed by atoms with Gasteiger partial charge < -0.3 is 11.1 Å². The van der Waals surface area contributed by atoms with Crippen LogP contribution in [0.3, 0.4) is 0 Å². The van der Waals surface area contributed by atoms with Crippen molar-refractivity contribution in [3.05, 3.63) is 12.7 Å². The van der Waals surface area contributed by atoms with E-state index < -0.39 is 0 Å². The minimum Gasteiger partial charge on any atom is -0.354 e. The van der Waals surface area contributed by atoms with E-state index >= 15 is 0 Å². The molecule has 0 saturated heterocycles. The van der Waals surface area contributed by atoms with Crippen molar-refractivity contribution in [3.8, 4) is 0 Å². The van der Waals surface area contributed by atoms with Gasteiger partial charge in [0, 0.05) is 13.1 Å². The van der Waals surface area contributed by atoms with Gasteiger partial charge in [-0.25, -0.2) is 0 Å². The van der Waals surface area contributed by atoms with Gasteiger partial charge in [0.2, 0.25) is 5.91 Å². The summed E-state index contributed by atoms with van der Waals surface area (Å²) in [6, 6.07) is 0. The van der Waals surface area contributed by atoms with Gasteiger partial charge >= 0.3 is 0 Å². The lowest BCUT2D eigenvalue weighted by Crippen LogP contribution is -2.30. The van der Waals surface area contributed by atoms with E-state index in [1.165, 1.54) is 0 Å². The molecule has 1 amide bonds. The van der Waals surface area contributed by atoms with E-state index in [4.69, 9.17) is 5.73 Å². The normalized spacial score (nSPS) is 8.82. The molecule has 62 valence electrons. The number of nitrogens with one attached hydrogen (secondary N) is 1. The summed E-state index contributed by atoms with van der Waals surface area (Å²) in [5.41, 5.74) is 5.12. The third-order valence-electron chi connectivity index (χ3n) is 1.03. The lowest BCUT2D eigenvalue weighted by atomic mass is 10.3. The SMILES string of the molecule is C=CC(=O)CC(=O)NCCN. The Hall–Kier alpha value is -1.16. The van der Waals surface area contributed by atoms with Crippen LogP contribution in [0.1, 0.15) is 6.42 Å². The van der Waals surface area contributed by atoms with Crippen molar-refractivity contribution in [2.75, 3.05) is 13.1 Å². The Morgan fingerprint density at radius 3 is 2.64 bits per heavy atom. The lowest BCUT2D eigenvalue weighted by molar-refractivity contribution is -0.126. The standard InChI is InChI=1S/C7H12N2O2/c1-2-6(10)5-7(11)9-4-3-8/h2H,1,3-5,8H2,(H,9,11). The van der Waals surface area contributed by atoms with Crippen LogP contribution in [0.25, 0.3) is 0 Å². The van der Waals surface area contributed by atoms with Crippen molar-refractivity contribution in [1.29, 1.82) is 0 Å². The predicted octanol–water partition coefficient (Wildman–Crippen LogP) is -0.793. The van der Waals surface area contributed by atoms with E-state index in [0.29, 0.717) is 13.1 Å². The summed E-state index contributed by atoms with van der Waals surface area (Å²) < 4.78 is 0. The monoisotopic (exact) mass is 156 g/mol. The van der Waals surface area contributed by atoms with Gasteiger partial charge in [0.15, 0.2) is 5.78 Å². The highest BCUT2D eigenvalue weighted by Crippen LogP contribution is 1.82. The molecule has 0 heterocycles. The summed E-state index contributed by atoms with van der Waals surface area (Å²) in [5, 5.41) is 2.46. The molecule has 0 aromatic rings. The predicted molar refractivity (Wildman–Crippen MR) is 41.9 cm³/mol. The first-order valence-corrected chi connectivity index (χ1v) is 3.32. The molecule has 0 radical (unpaired) electrons. The molecular formula is C7H12N2O2. The van der Waals surface area contributed by atoms with Crippen LogP contribution in [-0.4, -0.2) is 24.8 Å². The first-order chi connectivity index (χ1) is 5.20. The first-order valence-electron chi connectivity index (χ1n) is 3.32. The Morgan fingerprint density at radius 2 is 2.18 bits per heavy atom. The molecule has 3 N–H and O–H groups in total. The second-order valence-corrected chi connectivity index (χ2v) is 1.99. The van der Waals surface area contributed by atoms with Crippen molar-refractivity contribution in [2.24, 2.45) is 5.73 Å². The van der Waals surface area contributed by atoms with E-state index in [-0.39, 0.29) is 18.1 Å². The minimum atomic E-state index is -0.305. The average molecular weight is 156 g/mol. The summed E-state index contributed by atoms with van der Waals surface area (Å²) >= 11 is 0. The highest BCUT2D eigenvalue weighted by molar-refractivity contribution is 6.03. The fourth-order valence-corrected chi connectivity index (χ4v) is 0.505. The van der Waals surface area contributed by atoms with E-state index in [1.54, 1.807) is 0 Å². The lowest BCUT2D eigenvalue weighted by Gasteiger charge is -1.99. The molecule has 0 aromatic carbocycles. The Morgan fingerprint density at radius 1 is 1.55 bits per heavy atom. The largest absolute Gasteiger partial charge is 0.354 e. The average Bonchev–Trinajstić information content (AvgIpc) is 2.00. The maximum absolute atomic E-state index is 10.7. The second-order valence-electron chi connectivity index (χ2n) is 1.99. The van der Waals surface area contributed by atoms with Crippen molar-refractivity contribution in [2.45, 2.75) is 6.42 Å². The fraction of sp³-hybridized carbons (Fsp3) is 0.429. The molecule has 0 fully saturated rings. The molecule has 4 heteroatoms. The highest BCUT2D eigenvalue weighted by atomic mass is 16.2.